The van der Waals surface area contributed by atoms with Gasteiger partial charge in [0.25, 0.3) is 0 Å². The summed E-state index contributed by atoms with van der Waals surface area (Å²) in [6.07, 6.45) is 1.36. The molecule has 1 aromatic rings. The van der Waals surface area contributed by atoms with Gasteiger partial charge in [0.05, 0.1) is 18.2 Å². The van der Waals surface area contributed by atoms with E-state index in [1.807, 2.05) is 0 Å². The van der Waals surface area contributed by atoms with E-state index in [2.05, 4.69) is 10.0 Å². The summed E-state index contributed by atoms with van der Waals surface area (Å²) < 4.78 is 60.1. The van der Waals surface area contributed by atoms with Crippen LogP contribution < -0.4 is 10.0 Å². The van der Waals surface area contributed by atoms with Crippen LogP contribution in [-0.4, -0.2) is 41.8 Å². The molecule has 0 unspecified atom stereocenters. The molecule has 0 spiro atoms. The molecule has 1 fully saturated rings. The number of piperidine rings is 1. The van der Waals surface area contributed by atoms with Crippen LogP contribution in [-0.2, 0) is 14.8 Å². The van der Waals surface area contributed by atoms with E-state index in [0.717, 1.165) is 0 Å². The van der Waals surface area contributed by atoms with Crippen molar-refractivity contribution in [3.63, 3.8) is 0 Å². The Hall–Kier alpha value is -1.60. The molecule has 2 N–H and O–H groups in total. The van der Waals surface area contributed by atoms with Gasteiger partial charge in [0, 0.05) is 19.1 Å². The van der Waals surface area contributed by atoms with Crippen molar-refractivity contribution in [2.75, 3.05) is 33.4 Å². The Balaban J connectivity index is 2.24. The second kappa shape index (κ2) is 7.53. The van der Waals surface area contributed by atoms with Crippen LogP contribution in [0.2, 0.25) is 0 Å². The fourth-order valence-electron chi connectivity index (χ4n) is 2.84. The van der Waals surface area contributed by atoms with E-state index < -0.39 is 32.0 Å². The number of rotatable bonds is 6. The molecule has 2 rings (SSSR count). The third kappa shape index (κ3) is 4.08. The molecule has 0 saturated carbocycles. The van der Waals surface area contributed by atoms with Gasteiger partial charge in [-0.25, -0.2) is 21.9 Å². The molecule has 0 bridgehead atoms. The highest BCUT2D eigenvalue weighted by atomic mass is 32.2. The molecule has 1 aliphatic heterocycles. The smallest absolute Gasteiger partial charge is 0.246 e. The molecule has 0 radical (unpaired) electrons. The molecule has 0 aliphatic carbocycles. The Kier molecular flexibility index (Phi) is 5.87. The van der Waals surface area contributed by atoms with E-state index in [-0.39, 0.29) is 12.1 Å². The summed E-state index contributed by atoms with van der Waals surface area (Å²) in [5, 5.41) is 11.9. The summed E-state index contributed by atoms with van der Waals surface area (Å²) in [7, 11) is -2.86. The standard InChI is InChI=1S/C15H19F2N3O3S/c1-23-10-15(2-4-19-5-3-15)9-20-24(21,22)14-12(16)6-11(8-18)7-13(14)17/h6-7,19-20H,2-5,9-10H2,1H3. The zero-order valence-corrected chi connectivity index (χ0v) is 14.0. The molecule has 24 heavy (non-hydrogen) atoms. The minimum absolute atomic E-state index is 0.0176. The SMILES string of the molecule is COCC1(CNS(=O)(=O)c2c(F)cc(C#N)cc2F)CCNCC1. The summed E-state index contributed by atoms with van der Waals surface area (Å²) >= 11 is 0. The number of benzene rings is 1. The molecular weight excluding hydrogens is 340 g/mol. The highest BCUT2D eigenvalue weighted by Gasteiger charge is 2.35. The largest absolute Gasteiger partial charge is 0.384 e. The van der Waals surface area contributed by atoms with Gasteiger partial charge in [-0.3, -0.25) is 0 Å². The molecule has 1 aliphatic rings. The predicted molar refractivity (Wildman–Crippen MR) is 82.7 cm³/mol. The van der Waals surface area contributed by atoms with Crippen molar-refractivity contribution in [2.24, 2.45) is 5.41 Å². The zero-order valence-electron chi connectivity index (χ0n) is 13.2. The lowest BCUT2D eigenvalue weighted by atomic mass is 9.80. The fourth-order valence-corrected chi connectivity index (χ4v) is 4.11. The first-order valence-corrected chi connectivity index (χ1v) is 8.90. The normalized spacial score (nSPS) is 17.4. The third-order valence-corrected chi connectivity index (χ3v) is 5.60. The Morgan fingerprint density at radius 3 is 2.42 bits per heavy atom. The summed E-state index contributed by atoms with van der Waals surface area (Å²) in [4.78, 5) is -1.07. The zero-order chi connectivity index (χ0) is 17.8. The number of nitrogens with zero attached hydrogens (tertiary/aromatic N) is 1. The van der Waals surface area contributed by atoms with Crippen molar-refractivity contribution in [3.05, 3.63) is 29.3 Å². The van der Waals surface area contributed by atoms with Gasteiger partial charge >= 0.3 is 0 Å². The Bertz CT molecular complexity index is 712. The molecule has 132 valence electrons. The maximum atomic E-state index is 14.0. The minimum Gasteiger partial charge on any atom is -0.384 e. The van der Waals surface area contributed by atoms with E-state index in [1.54, 1.807) is 6.07 Å². The van der Waals surface area contributed by atoms with Gasteiger partial charge in [-0.2, -0.15) is 5.26 Å². The number of sulfonamides is 1. The second-order valence-corrected chi connectivity index (χ2v) is 7.59. The second-order valence-electron chi connectivity index (χ2n) is 5.89. The van der Waals surface area contributed by atoms with Gasteiger partial charge in [-0.05, 0) is 38.1 Å². The van der Waals surface area contributed by atoms with Crippen LogP contribution in [0.3, 0.4) is 0 Å². The molecule has 6 nitrogen and oxygen atoms in total. The van der Waals surface area contributed by atoms with Crippen LogP contribution in [0.1, 0.15) is 18.4 Å². The van der Waals surface area contributed by atoms with E-state index in [0.29, 0.717) is 44.7 Å². The van der Waals surface area contributed by atoms with Gasteiger partial charge in [-0.15, -0.1) is 0 Å². The lowest BCUT2D eigenvalue weighted by Gasteiger charge is -2.37. The summed E-state index contributed by atoms with van der Waals surface area (Å²) in [6, 6.07) is 2.98. The number of hydrogen-bond donors (Lipinski definition) is 2. The number of halogens is 2. The number of nitriles is 1. The van der Waals surface area contributed by atoms with Gasteiger partial charge < -0.3 is 10.1 Å². The average Bonchev–Trinajstić information content (AvgIpc) is 2.53. The molecule has 0 amide bonds. The van der Waals surface area contributed by atoms with Crippen LogP contribution in [0, 0.1) is 28.4 Å². The van der Waals surface area contributed by atoms with Gasteiger partial charge in [0.1, 0.15) is 11.6 Å². The minimum atomic E-state index is -4.39. The molecule has 0 aromatic heterocycles. The molecule has 1 aromatic carbocycles. The maximum absolute atomic E-state index is 14.0. The molecular formula is C15H19F2N3O3S. The Morgan fingerprint density at radius 1 is 1.33 bits per heavy atom. The lowest BCUT2D eigenvalue weighted by molar-refractivity contribution is 0.0577. The van der Waals surface area contributed by atoms with Crippen molar-refractivity contribution < 1.29 is 21.9 Å². The van der Waals surface area contributed by atoms with Crippen molar-refractivity contribution in [1.29, 1.82) is 5.26 Å². The van der Waals surface area contributed by atoms with Gasteiger partial charge in [-0.1, -0.05) is 0 Å². The van der Waals surface area contributed by atoms with Gasteiger partial charge in [0.15, 0.2) is 4.90 Å². The predicted octanol–water partition coefficient (Wildman–Crippen LogP) is 1.13. The van der Waals surface area contributed by atoms with Crippen LogP contribution in [0.15, 0.2) is 17.0 Å². The Morgan fingerprint density at radius 2 is 1.92 bits per heavy atom. The topological polar surface area (TPSA) is 91.2 Å². The number of methoxy groups -OCH3 is 1. The average molecular weight is 359 g/mol. The molecule has 1 saturated heterocycles. The number of ether oxygens (including phenoxy) is 1. The molecule has 1 heterocycles. The maximum Gasteiger partial charge on any atom is 0.246 e. The highest BCUT2D eigenvalue weighted by Crippen LogP contribution is 2.29. The van der Waals surface area contributed by atoms with Crippen molar-refractivity contribution in [2.45, 2.75) is 17.7 Å². The van der Waals surface area contributed by atoms with Crippen LogP contribution in [0.4, 0.5) is 8.78 Å². The fraction of sp³-hybridized carbons (Fsp3) is 0.533. The van der Waals surface area contributed by atoms with Crippen molar-refractivity contribution in [1.82, 2.24) is 10.0 Å². The molecule has 9 heteroatoms. The third-order valence-electron chi connectivity index (χ3n) is 4.15. The first-order valence-electron chi connectivity index (χ1n) is 7.42. The molecule has 0 atom stereocenters. The van der Waals surface area contributed by atoms with Crippen molar-refractivity contribution in [3.8, 4) is 6.07 Å². The van der Waals surface area contributed by atoms with E-state index in [9.17, 15) is 17.2 Å². The van der Waals surface area contributed by atoms with Crippen LogP contribution in [0.25, 0.3) is 0 Å². The van der Waals surface area contributed by atoms with E-state index >= 15 is 0 Å². The van der Waals surface area contributed by atoms with Crippen LogP contribution >= 0.6 is 0 Å². The first-order chi connectivity index (χ1) is 11.3. The Labute approximate surface area is 139 Å². The lowest BCUT2D eigenvalue weighted by Crippen LogP contribution is -2.47. The van der Waals surface area contributed by atoms with E-state index in [1.165, 1.54) is 7.11 Å². The van der Waals surface area contributed by atoms with E-state index in [4.69, 9.17) is 10.00 Å². The highest BCUT2D eigenvalue weighted by molar-refractivity contribution is 7.89. The number of nitrogens with one attached hydrogen (secondary N) is 2. The summed E-state index contributed by atoms with van der Waals surface area (Å²) in [5.41, 5.74) is -0.703. The summed E-state index contributed by atoms with van der Waals surface area (Å²) in [5.74, 6) is -2.57. The quantitative estimate of drug-likeness (QED) is 0.795. The van der Waals surface area contributed by atoms with Crippen molar-refractivity contribution >= 4 is 10.0 Å². The van der Waals surface area contributed by atoms with Gasteiger partial charge in [0.2, 0.25) is 10.0 Å². The monoisotopic (exact) mass is 359 g/mol. The van der Waals surface area contributed by atoms with Crippen LogP contribution in [0.5, 0.6) is 0 Å². The summed E-state index contributed by atoms with van der Waals surface area (Å²) in [6.45, 7) is 1.79. The number of hydrogen-bond acceptors (Lipinski definition) is 5. The first kappa shape index (κ1) is 18.7.